The van der Waals surface area contributed by atoms with E-state index in [4.69, 9.17) is 43.3 Å². The van der Waals surface area contributed by atoms with Crippen LogP contribution in [0, 0.1) is 0 Å². The quantitative estimate of drug-likeness (QED) is 0.420. The first kappa shape index (κ1) is 26.3. The summed E-state index contributed by atoms with van der Waals surface area (Å²) in [5.74, 6) is 2.26. The van der Waals surface area contributed by atoms with E-state index in [-0.39, 0.29) is 5.41 Å². The molecule has 8 nitrogen and oxygen atoms in total. The van der Waals surface area contributed by atoms with Gasteiger partial charge in [-0.1, -0.05) is 48.0 Å². The molecule has 0 saturated carbocycles. The molecule has 3 aliphatic heterocycles. The van der Waals surface area contributed by atoms with E-state index in [9.17, 15) is 0 Å². The summed E-state index contributed by atoms with van der Waals surface area (Å²) in [6.45, 7) is 6.73. The minimum atomic E-state index is -0.0857. The van der Waals surface area contributed by atoms with Gasteiger partial charge in [0.2, 0.25) is 5.95 Å². The molecule has 0 atom stereocenters. The molecule has 2 saturated heterocycles. The molecule has 10 heteroatoms. The smallest absolute Gasteiger partial charge is 0.232 e. The number of ether oxygens (including phenoxy) is 2. The van der Waals surface area contributed by atoms with Gasteiger partial charge in [-0.3, -0.25) is 0 Å². The summed E-state index contributed by atoms with van der Waals surface area (Å²) in [4.78, 5) is 14.3. The lowest BCUT2D eigenvalue weighted by Gasteiger charge is -2.38. The largest absolute Gasteiger partial charge is 0.381 e. The normalized spacial score (nSPS) is 18.5. The van der Waals surface area contributed by atoms with Crippen LogP contribution in [0.25, 0.3) is 0 Å². The maximum absolute atomic E-state index is 6.17. The molecule has 0 unspecified atom stereocenters. The Morgan fingerprint density at radius 1 is 0.872 bits per heavy atom. The molecular weight excluding hydrogens is 532 g/mol. The highest BCUT2D eigenvalue weighted by molar-refractivity contribution is 7.80. The Hall–Kier alpha value is -2.98. The van der Waals surface area contributed by atoms with Gasteiger partial charge in [-0.2, -0.15) is 9.97 Å². The number of nitrogens with zero attached hydrogens (tertiary/aromatic N) is 4. The van der Waals surface area contributed by atoms with Crippen LogP contribution in [0.3, 0.4) is 0 Å². The number of benzene rings is 2. The molecule has 0 spiro atoms. The number of hydrogen-bond acceptors (Lipinski definition) is 7. The van der Waals surface area contributed by atoms with Gasteiger partial charge in [0.05, 0.1) is 13.2 Å². The highest BCUT2D eigenvalue weighted by Gasteiger charge is 2.34. The number of rotatable bonds is 6. The summed E-state index contributed by atoms with van der Waals surface area (Å²) in [5, 5.41) is 7.99. The van der Waals surface area contributed by atoms with Gasteiger partial charge in [-0.05, 0) is 53.9 Å². The average Bonchev–Trinajstić information content (AvgIpc) is 3.42. The first-order chi connectivity index (χ1) is 19.1. The molecule has 0 bridgehead atoms. The van der Waals surface area contributed by atoms with Gasteiger partial charge in [0.25, 0.3) is 0 Å². The number of aromatic nitrogens is 2. The fourth-order valence-electron chi connectivity index (χ4n) is 5.62. The predicted octanol–water partition coefficient (Wildman–Crippen LogP) is 4.52. The fraction of sp³-hybridized carbons (Fsp3) is 0.414. The Morgan fingerprint density at radius 2 is 1.49 bits per heavy atom. The molecule has 4 heterocycles. The van der Waals surface area contributed by atoms with Gasteiger partial charge >= 0.3 is 0 Å². The van der Waals surface area contributed by atoms with Crippen molar-refractivity contribution < 1.29 is 9.47 Å². The first-order valence-electron chi connectivity index (χ1n) is 13.5. The molecule has 0 radical (unpaired) electrons. The molecule has 2 fully saturated rings. The third-order valence-electron chi connectivity index (χ3n) is 7.92. The van der Waals surface area contributed by atoms with Gasteiger partial charge in [0, 0.05) is 62.4 Å². The van der Waals surface area contributed by atoms with Crippen molar-refractivity contribution in [2.24, 2.45) is 0 Å². The number of morpholine rings is 1. The molecule has 0 aliphatic carbocycles. The molecule has 0 amide bonds. The van der Waals surface area contributed by atoms with Crippen molar-refractivity contribution in [2.45, 2.75) is 31.3 Å². The van der Waals surface area contributed by atoms with Crippen LogP contribution in [0.2, 0.25) is 5.02 Å². The van der Waals surface area contributed by atoms with Crippen LogP contribution in [-0.4, -0.2) is 61.1 Å². The monoisotopic (exact) mass is 564 g/mol. The molecule has 2 N–H and O–H groups in total. The van der Waals surface area contributed by atoms with Crippen molar-refractivity contribution in [1.82, 2.24) is 15.3 Å². The zero-order chi connectivity index (χ0) is 26.7. The van der Waals surface area contributed by atoms with Crippen LogP contribution < -0.4 is 20.4 Å². The van der Waals surface area contributed by atoms with Crippen LogP contribution in [0.4, 0.5) is 17.6 Å². The van der Waals surface area contributed by atoms with Crippen LogP contribution in [-0.2, 0) is 28.0 Å². The maximum atomic E-state index is 6.17. The topological polar surface area (TPSA) is 74.8 Å². The van der Waals surface area contributed by atoms with Crippen molar-refractivity contribution in [3.63, 3.8) is 0 Å². The second-order valence-corrected chi connectivity index (χ2v) is 11.2. The minimum Gasteiger partial charge on any atom is -0.381 e. The highest BCUT2D eigenvalue weighted by atomic mass is 35.5. The van der Waals surface area contributed by atoms with E-state index >= 15 is 0 Å². The van der Waals surface area contributed by atoms with Crippen LogP contribution in [0.15, 0.2) is 54.6 Å². The van der Waals surface area contributed by atoms with E-state index in [0.717, 1.165) is 68.9 Å². The fourth-order valence-corrected chi connectivity index (χ4v) is 5.91. The third-order valence-corrected chi connectivity index (χ3v) is 8.42. The molecular formula is C29H33ClN6O2S. The molecule has 2 aromatic carbocycles. The zero-order valence-corrected chi connectivity index (χ0v) is 23.4. The van der Waals surface area contributed by atoms with Crippen molar-refractivity contribution in [2.75, 3.05) is 61.2 Å². The Kier molecular flexibility index (Phi) is 7.83. The number of hydrogen-bond donors (Lipinski definition) is 2. The summed E-state index contributed by atoms with van der Waals surface area (Å²) in [5.41, 5.74) is 3.82. The first-order valence-corrected chi connectivity index (χ1v) is 14.3. The number of fused-ring (bicyclic) bond motifs is 1. The molecule has 39 heavy (non-hydrogen) atoms. The summed E-state index contributed by atoms with van der Waals surface area (Å²) in [6, 6.07) is 18.8. The second-order valence-electron chi connectivity index (χ2n) is 10.3. The van der Waals surface area contributed by atoms with Gasteiger partial charge in [-0.25, -0.2) is 0 Å². The van der Waals surface area contributed by atoms with Crippen molar-refractivity contribution in [1.29, 1.82) is 0 Å². The van der Waals surface area contributed by atoms with Gasteiger partial charge in [0.15, 0.2) is 5.11 Å². The van der Waals surface area contributed by atoms with Crippen LogP contribution >= 0.6 is 23.8 Å². The molecule has 6 rings (SSSR count). The van der Waals surface area contributed by atoms with Crippen LogP contribution in [0.5, 0.6) is 0 Å². The Labute approximate surface area is 239 Å². The van der Waals surface area contributed by atoms with Gasteiger partial charge < -0.3 is 29.9 Å². The standard InChI is InChI=1S/C29H33ClN6O2S/c30-24-7-5-23(6-8-24)29(9-13-37-14-10-29)20-31-28(39)34-27-32-25(35-11-15-38-16-12-35)17-26(33-27)36-18-21-3-1-2-4-22(21)19-36/h1-8,17H,9-16,18-20H2,(H2,31,32,33,34,39). The lowest BCUT2D eigenvalue weighted by Crippen LogP contribution is -2.45. The number of nitrogens with one attached hydrogen (secondary N) is 2. The SMILES string of the molecule is S=C(NCC1(c2ccc(Cl)cc2)CCOCC1)Nc1nc(N2CCOCC2)cc(N2Cc3ccccc3C2)n1. The van der Waals surface area contributed by atoms with Crippen molar-refractivity contribution >= 4 is 46.5 Å². The Balaban J connectivity index is 1.20. The van der Waals surface area contributed by atoms with E-state index in [0.29, 0.717) is 30.8 Å². The van der Waals surface area contributed by atoms with E-state index in [1.165, 1.54) is 16.7 Å². The zero-order valence-electron chi connectivity index (χ0n) is 21.9. The average molecular weight is 565 g/mol. The van der Waals surface area contributed by atoms with E-state index in [1.807, 2.05) is 12.1 Å². The lowest BCUT2D eigenvalue weighted by atomic mass is 9.74. The summed E-state index contributed by atoms with van der Waals surface area (Å²) in [7, 11) is 0. The number of anilines is 3. The van der Waals surface area contributed by atoms with Crippen molar-refractivity contribution in [3.8, 4) is 0 Å². The van der Waals surface area contributed by atoms with E-state index in [1.54, 1.807) is 0 Å². The van der Waals surface area contributed by atoms with Gasteiger partial charge in [0.1, 0.15) is 11.6 Å². The molecule has 3 aromatic rings. The number of halogens is 1. The second kappa shape index (κ2) is 11.6. The highest BCUT2D eigenvalue weighted by Crippen LogP contribution is 2.35. The lowest BCUT2D eigenvalue weighted by molar-refractivity contribution is 0.0515. The third kappa shape index (κ3) is 5.96. The summed E-state index contributed by atoms with van der Waals surface area (Å²) >= 11 is 11.9. The Bertz CT molecular complexity index is 1290. The van der Waals surface area contributed by atoms with Gasteiger partial charge in [-0.15, -0.1) is 0 Å². The molecule has 204 valence electrons. The van der Waals surface area contributed by atoms with Crippen molar-refractivity contribution in [3.05, 3.63) is 76.3 Å². The molecule has 1 aromatic heterocycles. The summed E-state index contributed by atoms with van der Waals surface area (Å²) < 4.78 is 11.3. The maximum Gasteiger partial charge on any atom is 0.232 e. The summed E-state index contributed by atoms with van der Waals surface area (Å²) in [6.07, 6.45) is 1.82. The Morgan fingerprint density at radius 3 is 2.15 bits per heavy atom. The van der Waals surface area contributed by atoms with E-state index < -0.39 is 0 Å². The van der Waals surface area contributed by atoms with Crippen LogP contribution in [0.1, 0.15) is 29.5 Å². The van der Waals surface area contributed by atoms with E-state index in [2.05, 4.69) is 62.9 Å². The predicted molar refractivity (Wildman–Crippen MR) is 159 cm³/mol. The number of thiocarbonyl (C=S) groups is 1. The minimum absolute atomic E-state index is 0.0857. The molecule has 3 aliphatic rings.